The second-order valence-electron chi connectivity index (χ2n) is 8.60. The predicted molar refractivity (Wildman–Crippen MR) is 130 cm³/mol. The Bertz CT molecular complexity index is 1710. The fourth-order valence-corrected chi connectivity index (χ4v) is 4.52. The van der Waals surface area contributed by atoms with Crippen molar-refractivity contribution >= 4 is 21.6 Å². The number of aromatic nitrogens is 6. The summed E-state index contributed by atoms with van der Waals surface area (Å²) in [4.78, 5) is 16.3. The lowest BCUT2D eigenvalue weighted by atomic mass is 10.2. The SMILES string of the molecule is CC(F)(F)c1nc(Cn2nc(-c3ccc(Cl)cc3)n(C[C@H](O)C(F)(F)F)c2=O)nn1-c1ccccc1S(N)(=O)=O. The van der Waals surface area contributed by atoms with Crippen LogP contribution in [0, 0.1) is 0 Å². The van der Waals surface area contributed by atoms with Crippen molar-refractivity contribution in [3.05, 3.63) is 75.7 Å². The number of aliphatic hydroxyl groups excluding tert-OH is 1. The number of alkyl halides is 5. The smallest absolute Gasteiger partial charge is 0.382 e. The number of benzene rings is 2. The summed E-state index contributed by atoms with van der Waals surface area (Å²) >= 11 is 5.86. The Hall–Kier alpha value is -3.67. The molecular formula is C22H19ClF5N7O4S. The third-order valence-corrected chi connectivity index (χ3v) is 6.70. The second kappa shape index (κ2) is 10.4. The zero-order chi connectivity index (χ0) is 29.6. The van der Waals surface area contributed by atoms with Crippen molar-refractivity contribution in [2.45, 2.75) is 43.1 Å². The highest BCUT2D eigenvalue weighted by Crippen LogP contribution is 2.30. The number of nitrogens with two attached hydrogens (primary N) is 1. The first-order chi connectivity index (χ1) is 18.5. The van der Waals surface area contributed by atoms with Gasteiger partial charge >= 0.3 is 17.8 Å². The fourth-order valence-electron chi connectivity index (χ4n) is 3.68. The van der Waals surface area contributed by atoms with Crippen LogP contribution in [-0.4, -0.2) is 54.9 Å². The van der Waals surface area contributed by atoms with Gasteiger partial charge in [0, 0.05) is 17.5 Å². The number of rotatable bonds is 8. The average Bonchev–Trinajstić information content (AvgIpc) is 3.41. The van der Waals surface area contributed by atoms with Crippen molar-refractivity contribution in [1.29, 1.82) is 0 Å². The summed E-state index contributed by atoms with van der Waals surface area (Å²) in [6.45, 7) is -1.45. The van der Waals surface area contributed by atoms with E-state index >= 15 is 0 Å². The first kappa shape index (κ1) is 29.3. The van der Waals surface area contributed by atoms with Crippen LogP contribution >= 0.6 is 11.6 Å². The largest absolute Gasteiger partial charge is 0.416 e. The Kier molecular flexibility index (Phi) is 7.61. The van der Waals surface area contributed by atoms with Crippen LogP contribution in [0.5, 0.6) is 0 Å². The van der Waals surface area contributed by atoms with Gasteiger partial charge in [-0.3, -0.25) is 4.57 Å². The lowest BCUT2D eigenvalue weighted by Gasteiger charge is -2.15. The van der Waals surface area contributed by atoms with Gasteiger partial charge in [0.05, 0.1) is 12.2 Å². The molecule has 2 aromatic carbocycles. The molecule has 1 atom stereocenters. The minimum Gasteiger partial charge on any atom is -0.382 e. The molecule has 4 rings (SSSR count). The van der Waals surface area contributed by atoms with Gasteiger partial charge < -0.3 is 5.11 Å². The van der Waals surface area contributed by atoms with Crippen LogP contribution in [0.1, 0.15) is 18.6 Å². The Morgan fingerprint density at radius 2 is 1.68 bits per heavy atom. The van der Waals surface area contributed by atoms with Crippen molar-refractivity contribution in [3.8, 4) is 17.1 Å². The number of primary sulfonamides is 1. The van der Waals surface area contributed by atoms with Crippen LogP contribution in [0.2, 0.25) is 5.02 Å². The van der Waals surface area contributed by atoms with Gasteiger partial charge in [0.15, 0.2) is 17.8 Å². The van der Waals surface area contributed by atoms with E-state index in [4.69, 9.17) is 16.7 Å². The summed E-state index contributed by atoms with van der Waals surface area (Å²) < 4.78 is 94.1. The molecule has 2 aromatic heterocycles. The van der Waals surface area contributed by atoms with E-state index < -0.39 is 63.5 Å². The number of nitrogens with zero attached hydrogens (tertiary/aromatic N) is 6. The summed E-state index contributed by atoms with van der Waals surface area (Å²) in [5.74, 6) is -5.40. The summed E-state index contributed by atoms with van der Waals surface area (Å²) in [7, 11) is -4.39. The van der Waals surface area contributed by atoms with Crippen molar-refractivity contribution in [1.82, 2.24) is 29.1 Å². The molecule has 0 amide bonds. The maximum Gasteiger partial charge on any atom is 0.416 e. The normalized spacial score (nSPS) is 13.5. The van der Waals surface area contributed by atoms with Crippen LogP contribution < -0.4 is 10.8 Å². The molecule has 0 bridgehead atoms. The van der Waals surface area contributed by atoms with Crippen LogP contribution in [0.25, 0.3) is 17.1 Å². The van der Waals surface area contributed by atoms with E-state index in [1.54, 1.807) is 0 Å². The average molecular weight is 608 g/mol. The summed E-state index contributed by atoms with van der Waals surface area (Å²) in [5, 5.41) is 23.1. The standard InChI is InChI=1S/C22H19ClF5N7O4S/c1-21(24,25)19-30-17(31-35(19)14-4-2-3-5-15(14)40(29,38)39)11-34-20(37)33(10-16(36)22(26,27)28)18(32-34)12-6-8-13(23)9-7-12/h2-9,16,36H,10-11H2,1H3,(H2,29,38,39)/t16-/m0/s1. The van der Waals surface area contributed by atoms with Crippen LogP contribution in [-0.2, 0) is 29.0 Å². The molecule has 0 aliphatic heterocycles. The van der Waals surface area contributed by atoms with Crippen LogP contribution in [0.15, 0.2) is 58.2 Å². The third kappa shape index (κ3) is 6.06. The van der Waals surface area contributed by atoms with Crippen LogP contribution in [0.3, 0.4) is 0 Å². The molecule has 0 saturated heterocycles. The Morgan fingerprint density at radius 3 is 2.25 bits per heavy atom. The lowest BCUT2D eigenvalue weighted by Crippen LogP contribution is -2.37. The summed E-state index contributed by atoms with van der Waals surface area (Å²) in [5.41, 5.74) is -1.33. The van der Waals surface area contributed by atoms with Gasteiger partial charge in [-0.2, -0.15) is 22.0 Å². The van der Waals surface area contributed by atoms with E-state index in [0.29, 0.717) is 20.9 Å². The molecule has 0 saturated carbocycles. The zero-order valence-corrected chi connectivity index (χ0v) is 21.8. The highest BCUT2D eigenvalue weighted by molar-refractivity contribution is 7.89. The van der Waals surface area contributed by atoms with Crippen molar-refractivity contribution < 1.29 is 35.5 Å². The van der Waals surface area contributed by atoms with E-state index in [1.807, 2.05) is 0 Å². The van der Waals surface area contributed by atoms with Crippen molar-refractivity contribution in [2.24, 2.45) is 5.14 Å². The van der Waals surface area contributed by atoms with Crippen LogP contribution in [0.4, 0.5) is 22.0 Å². The van der Waals surface area contributed by atoms with Gasteiger partial charge in [-0.25, -0.2) is 32.7 Å². The molecule has 0 radical (unpaired) electrons. The van der Waals surface area contributed by atoms with Gasteiger partial charge in [0.25, 0.3) is 0 Å². The minimum absolute atomic E-state index is 0.163. The monoisotopic (exact) mass is 607 g/mol. The van der Waals surface area contributed by atoms with Gasteiger partial charge in [0.1, 0.15) is 11.4 Å². The third-order valence-electron chi connectivity index (χ3n) is 5.49. The van der Waals surface area contributed by atoms with Gasteiger partial charge in [-0.1, -0.05) is 23.7 Å². The molecule has 4 aromatic rings. The first-order valence-corrected chi connectivity index (χ1v) is 13.0. The van der Waals surface area contributed by atoms with E-state index in [0.717, 1.165) is 12.1 Å². The Morgan fingerprint density at radius 1 is 1.05 bits per heavy atom. The van der Waals surface area contributed by atoms with Gasteiger partial charge in [-0.15, -0.1) is 10.2 Å². The van der Waals surface area contributed by atoms with Crippen molar-refractivity contribution in [3.63, 3.8) is 0 Å². The number of aliphatic hydroxyl groups is 1. The van der Waals surface area contributed by atoms with Gasteiger partial charge in [-0.05, 0) is 36.4 Å². The molecule has 0 spiro atoms. The molecule has 40 heavy (non-hydrogen) atoms. The van der Waals surface area contributed by atoms with E-state index in [9.17, 15) is 40.3 Å². The second-order valence-corrected chi connectivity index (χ2v) is 10.6. The highest BCUT2D eigenvalue weighted by Gasteiger charge is 2.39. The zero-order valence-electron chi connectivity index (χ0n) is 20.2. The summed E-state index contributed by atoms with van der Waals surface area (Å²) in [6, 6.07) is 10.4. The number of sulfonamides is 1. The highest BCUT2D eigenvalue weighted by atomic mass is 35.5. The quantitative estimate of drug-likeness (QED) is 0.292. The van der Waals surface area contributed by atoms with E-state index in [1.165, 1.54) is 36.4 Å². The number of hydrogen-bond donors (Lipinski definition) is 2. The topological polar surface area (TPSA) is 151 Å². The molecule has 0 aliphatic rings. The first-order valence-electron chi connectivity index (χ1n) is 11.1. The summed E-state index contributed by atoms with van der Waals surface area (Å²) in [6.07, 6.45) is -7.98. The number of halogens is 6. The molecule has 0 unspecified atom stereocenters. The molecule has 18 heteroatoms. The Labute approximate surface area is 227 Å². The number of hydrogen-bond acceptors (Lipinski definition) is 7. The van der Waals surface area contributed by atoms with E-state index in [-0.39, 0.29) is 22.1 Å². The van der Waals surface area contributed by atoms with E-state index in [2.05, 4.69) is 15.2 Å². The Balaban J connectivity index is 1.84. The maximum atomic E-state index is 14.5. The number of para-hydroxylation sites is 1. The minimum atomic E-state index is -5.06. The fraction of sp³-hybridized carbons (Fsp3) is 0.273. The molecule has 0 fully saturated rings. The predicted octanol–water partition coefficient (Wildman–Crippen LogP) is 2.68. The van der Waals surface area contributed by atoms with Crippen molar-refractivity contribution in [2.75, 3.05) is 0 Å². The molecule has 2 heterocycles. The molecule has 0 aliphatic carbocycles. The molecular weight excluding hydrogens is 589 g/mol. The molecule has 214 valence electrons. The molecule has 11 nitrogen and oxygen atoms in total. The lowest BCUT2D eigenvalue weighted by molar-refractivity contribution is -0.207. The molecule has 3 N–H and O–H groups in total. The van der Waals surface area contributed by atoms with Gasteiger partial charge in [0.2, 0.25) is 15.8 Å². The maximum absolute atomic E-state index is 14.5.